The summed E-state index contributed by atoms with van der Waals surface area (Å²) in [6.45, 7) is 11.4. The summed E-state index contributed by atoms with van der Waals surface area (Å²) in [6, 6.07) is 14.2. The van der Waals surface area contributed by atoms with Crippen molar-refractivity contribution in [2.45, 2.75) is 104 Å². The van der Waals surface area contributed by atoms with E-state index in [4.69, 9.17) is 18.9 Å². The van der Waals surface area contributed by atoms with Gasteiger partial charge in [-0.15, -0.1) is 0 Å². The SMILES string of the molecule is COc1ccc(CNc2ccc3c(c2)C(OCCC2CCCCC2)C(OC(=O)CC(C)(C)C)C(C)(C)O3)cc1. The van der Waals surface area contributed by atoms with Crippen LogP contribution in [0, 0.1) is 11.3 Å². The molecule has 1 N–H and O–H groups in total. The Hall–Kier alpha value is -2.73. The Labute approximate surface area is 234 Å². The zero-order valence-electron chi connectivity index (χ0n) is 24.7. The Morgan fingerprint density at radius 1 is 1.05 bits per heavy atom. The molecule has 2 atom stereocenters. The maximum absolute atomic E-state index is 13.0. The highest BCUT2D eigenvalue weighted by Gasteiger charge is 2.47. The summed E-state index contributed by atoms with van der Waals surface area (Å²) in [6.07, 6.45) is 6.95. The van der Waals surface area contributed by atoms with Crippen LogP contribution in [0.4, 0.5) is 5.69 Å². The van der Waals surface area contributed by atoms with Gasteiger partial charge < -0.3 is 24.3 Å². The molecule has 1 saturated carbocycles. The maximum Gasteiger partial charge on any atom is 0.306 e. The molecule has 2 aromatic carbocycles. The summed E-state index contributed by atoms with van der Waals surface area (Å²) in [5, 5.41) is 3.52. The van der Waals surface area contributed by atoms with E-state index in [9.17, 15) is 4.79 Å². The molecule has 0 aromatic heterocycles. The zero-order chi connectivity index (χ0) is 28.0. The van der Waals surface area contributed by atoms with E-state index in [1.165, 1.54) is 32.1 Å². The second kappa shape index (κ2) is 12.6. The lowest BCUT2D eigenvalue weighted by Gasteiger charge is -2.44. The summed E-state index contributed by atoms with van der Waals surface area (Å²) >= 11 is 0. The molecule has 0 saturated heterocycles. The maximum atomic E-state index is 13.0. The van der Waals surface area contributed by atoms with Crippen LogP contribution in [0.15, 0.2) is 42.5 Å². The fourth-order valence-corrected chi connectivity index (χ4v) is 5.62. The third-order valence-corrected chi connectivity index (χ3v) is 7.79. The van der Waals surface area contributed by atoms with Gasteiger partial charge in [0, 0.05) is 24.4 Å². The van der Waals surface area contributed by atoms with Crippen molar-refractivity contribution in [3.05, 3.63) is 53.6 Å². The van der Waals surface area contributed by atoms with E-state index in [0.29, 0.717) is 25.5 Å². The third kappa shape index (κ3) is 8.14. The Morgan fingerprint density at radius 2 is 1.77 bits per heavy atom. The van der Waals surface area contributed by atoms with Crippen LogP contribution >= 0.6 is 0 Å². The lowest BCUT2D eigenvalue weighted by molar-refractivity contribution is -0.186. The number of carbonyl (C=O) groups is 1. The predicted molar refractivity (Wildman–Crippen MR) is 155 cm³/mol. The van der Waals surface area contributed by atoms with Crippen molar-refractivity contribution in [3.8, 4) is 11.5 Å². The van der Waals surface area contributed by atoms with E-state index >= 15 is 0 Å². The highest BCUT2D eigenvalue weighted by molar-refractivity contribution is 5.70. The predicted octanol–water partition coefficient (Wildman–Crippen LogP) is 7.85. The van der Waals surface area contributed by atoms with Crippen LogP contribution in [0.3, 0.4) is 0 Å². The number of methoxy groups -OCH3 is 1. The molecule has 1 fully saturated rings. The topological polar surface area (TPSA) is 66.0 Å². The van der Waals surface area contributed by atoms with Crippen LogP contribution in [0.5, 0.6) is 11.5 Å². The zero-order valence-corrected chi connectivity index (χ0v) is 24.7. The number of benzene rings is 2. The van der Waals surface area contributed by atoms with Crippen LogP contribution in [0.2, 0.25) is 0 Å². The van der Waals surface area contributed by atoms with Gasteiger partial charge in [-0.1, -0.05) is 65.0 Å². The van der Waals surface area contributed by atoms with Crippen molar-refractivity contribution in [1.29, 1.82) is 0 Å². The van der Waals surface area contributed by atoms with Crippen molar-refractivity contribution >= 4 is 11.7 Å². The van der Waals surface area contributed by atoms with Crippen molar-refractivity contribution in [2.75, 3.05) is 19.0 Å². The molecule has 0 spiro atoms. The standard InChI is InChI=1S/C33H47NO5/c1-32(2,3)21-29(35)38-31-30(37-19-18-23-10-8-7-9-11-23)27-20-25(14-17-28(27)39-33(31,4)5)34-22-24-12-15-26(36-6)16-13-24/h12-17,20,23,30-31,34H,7-11,18-19,21-22H2,1-6H3. The molecule has 0 amide bonds. The number of esters is 1. The van der Waals surface area contributed by atoms with Crippen LogP contribution in [0.1, 0.15) is 96.8 Å². The van der Waals surface area contributed by atoms with Gasteiger partial charge in [0.2, 0.25) is 0 Å². The molecule has 2 unspecified atom stereocenters. The first-order chi connectivity index (χ1) is 18.5. The molecule has 2 aromatic rings. The Morgan fingerprint density at radius 3 is 2.44 bits per heavy atom. The Kier molecular flexibility index (Phi) is 9.47. The van der Waals surface area contributed by atoms with Crippen LogP contribution in [-0.4, -0.2) is 31.4 Å². The fraction of sp³-hybridized carbons (Fsp3) is 0.606. The first-order valence-electron chi connectivity index (χ1n) is 14.5. The first kappa shape index (κ1) is 29.3. The molecule has 214 valence electrons. The molecule has 0 bridgehead atoms. The van der Waals surface area contributed by atoms with Gasteiger partial charge in [-0.05, 0) is 67.5 Å². The van der Waals surface area contributed by atoms with Gasteiger partial charge in [-0.2, -0.15) is 0 Å². The average Bonchev–Trinajstić information content (AvgIpc) is 2.89. The van der Waals surface area contributed by atoms with E-state index < -0.39 is 17.8 Å². The fourth-order valence-electron chi connectivity index (χ4n) is 5.62. The van der Waals surface area contributed by atoms with Gasteiger partial charge >= 0.3 is 5.97 Å². The number of anilines is 1. The molecule has 39 heavy (non-hydrogen) atoms. The molecule has 0 radical (unpaired) electrons. The molecule has 1 aliphatic heterocycles. The summed E-state index contributed by atoms with van der Waals surface area (Å²) in [5.41, 5.74) is 2.15. The number of hydrogen-bond donors (Lipinski definition) is 1. The van der Waals surface area contributed by atoms with Crippen LogP contribution in [-0.2, 0) is 20.8 Å². The summed E-state index contributed by atoms with van der Waals surface area (Å²) in [4.78, 5) is 13.0. The Balaban J connectivity index is 1.55. The van der Waals surface area contributed by atoms with Crippen LogP contribution in [0.25, 0.3) is 0 Å². The number of carbonyl (C=O) groups excluding carboxylic acids is 1. The second-order valence-electron chi connectivity index (χ2n) is 12.9. The minimum atomic E-state index is -0.728. The molecule has 1 heterocycles. The largest absolute Gasteiger partial charge is 0.497 e. The van der Waals surface area contributed by atoms with Crippen molar-refractivity contribution in [2.24, 2.45) is 11.3 Å². The normalized spacial score (nSPS) is 21.0. The van der Waals surface area contributed by atoms with Gasteiger partial charge in [0.25, 0.3) is 0 Å². The van der Waals surface area contributed by atoms with Gasteiger partial charge in [0.15, 0.2) is 6.10 Å². The number of fused-ring (bicyclic) bond motifs is 1. The quantitative estimate of drug-likeness (QED) is 0.311. The smallest absolute Gasteiger partial charge is 0.306 e. The molecular weight excluding hydrogens is 490 g/mol. The third-order valence-electron chi connectivity index (χ3n) is 7.79. The minimum Gasteiger partial charge on any atom is -0.497 e. The molecule has 6 nitrogen and oxygen atoms in total. The van der Waals surface area contributed by atoms with Crippen molar-refractivity contribution in [1.82, 2.24) is 0 Å². The molecular formula is C33H47NO5. The number of ether oxygens (including phenoxy) is 4. The monoisotopic (exact) mass is 537 g/mol. The Bertz CT molecular complexity index is 1080. The average molecular weight is 538 g/mol. The minimum absolute atomic E-state index is 0.162. The van der Waals surface area contributed by atoms with Crippen LogP contribution < -0.4 is 14.8 Å². The van der Waals surface area contributed by atoms with Crippen molar-refractivity contribution in [3.63, 3.8) is 0 Å². The summed E-state index contributed by atoms with van der Waals surface area (Å²) in [5.74, 6) is 2.11. The van der Waals surface area contributed by atoms with E-state index in [2.05, 4.69) is 23.5 Å². The molecule has 2 aliphatic rings. The number of rotatable bonds is 10. The molecule has 1 aliphatic carbocycles. The first-order valence-corrected chi connectivity index (χ1v) is 14.5. The van der Waals surface area contributed by atoms with Crippen molar-refractivity contribution < 1.29 is 23.7 Å². The lowest BCUT2D eigenvalue weighted by atomic mass is 9.86. The van der Waals surface area contributed by atoms with E-state index in [-0.39, 0.29) is 11.4 Å². The van der Waals surface area contributed by atoms with E-state index in [1.54, 1.807) is 7.11 Å². The summed E-state index contributed by atoms with van der Waals surface area (Å²) < 4.78 is 24.5. The van der Waals surface area contributed by atoms with Gasteiger partial charge in [0.1, 0.15) is 23.2 Å². The molecule has 6 heteroatoms. The van der Waals surface area contributed by atoms with Gasteiger partial charge in [0.05, 0.1) is 13.5 Å². The summed E-state index contributed by atoms with van der Waals surface area (Å²) in [7, 11) is 1.67. The highest BCUT2D eigenvalue weighted by atomic mass is 16.6. The second-order valence-corrected chi connectivity index (χ2v) is 12.9. The number of nitrogens with one attached hydrogen (secondary N) is 1. The van der Waals surface area contributed by atoms with E-state index in [1.807, 2.05) is 58.9 Å². The number of hydrogen-bond acceptors (Lipinski definition) is 6. The molecule has 4 rings (SSSR count). The van der Waals surface area contributed by atoms with Gasteiger partial charge in [-0.25, -0.2) is 0 Å². The van der Waals surface area contributed by atoms with E-state index in [0.717, 1.165) is 34.7 Å². The van der Waals surface area contributed by atoms with Gasteiger partial charge in [-0.3, -0.25) is 4.79 Å². The highest BCUT2D eigenvalue weighted by Crippen LogP contribution is 2.45. The lowest BCUT2D eigenvalue weighted by Crippen LogP contribution is -2.52.